The predicted octanol–water partition coefficient (Wildman–Crippen LogP) is 7.82. The molecule has 0 N–H and O–H groups in total. The van der Waals surface area contributed by atoms with Gasteiger partial charge in [0, 0.05) is 6.08 Å². The van der Waals surface area contributed by atoms with Crippen LogP contribution in [-0.2, 0) is 0 Å². The summed E-state index contributed by atoms with van der Waals surface area (Å²) in [6.07, 6.45) is 26.8. The zero-order chi connectivity index (χ0) is 17.7. The van der Waals surface area contributed by atoms with Crippen LogP contribution in [0, 0.1) is 35.0 Å². The Labute approximate surface area is 157 Å². The molecule has 0 bridgehead atoms. The molecule has 0 saturated heterocycles. The van der Waals surface area contributed by atoms with Gasteiger partial charge >= 0.3 is 0 Å². The molecule has 142 valence electrons. The summed E-state index contributed by atoms with van der Waals surface area (Å²) in [6.45, 7) is 2.32. The van der Waals surface area contributed by atoms with Gasteiger partial charge in [0.05, 0.1) is 6.07 Å². The molecule has 2 aliphatic rings. The van der Waals surface area contributed by atoms with Crippen LogP contribution in [0.15, 0.2) is 12.2 Å². The summed E-state index contributed by atoms with van der Waals surface area (Å²) in [6, 6.07) is 2.09. The maximum absolute atomic E-state index is 8.53. The van der Waals surface area contributed by atoms with Gasteiger partial charge in [0.1, 0.15) is 0 Å². The van der Waals surface area contributed by atoms with Crippen molar-refractivity contribution in [2.24, 2.45) is 23.7 Å². The molecule has 0 heterocycles. The third-order valence-corrected chi connectivity index (χ3v) is 7.07. The number of unbranched alkanes of at least 4 members (excludes halogenated alkanes) is 2. The van der Waals surface area contributed by atoms with E-state index in [4.69, 9.17) is 5.26 Å². The summed E-state index contributed by atoms with van der Waals surface area (Å²) in [4.78, 5) is 0. The van der Waals surface area contributed by atoms with Gasteiger partial charge in [0.25, 0.3) is 0 Å². The van der Waals surface area contributed by atoms with Crippen molar-refractivity contribution >= 4 is 0 Å². The zero-order valence-corrected chi connectivity index (χ0v) is 16.7. The van der Waals surface area contributed by atoms with Crippen LogP contribution < -0.4 is 0 Å². The van der Waals surface area contributed by atoms with Gasteiger partial charge in [-0.15, -0.1) is 0 Å². The minimum absolute atomic E-state index is 0.929. The second-order valence-corrected chi connectivity index (χ2v) is 8.96. The van der Waals surface area contributed by atoms with Crippen molar-refractivity contribution in [3.05, 3.63) is 12.2 Å². The Bertz CT molecular complexity index is 389. The Morgan fingerprint density at radius 3 is 1.68 bits per heavy atom. The summed E-state index contributed by atoms with van der Waals surface area (Å²) in [7, 11) is 0. The van der Waals surface area contributed by atoms with Crippen molar-refractivity contribution in [3.63, 3.8) is 0 Å². The van der Waals surface area contributed by atoms with Crippen molar-refractivity contribution in [3.8, 4) is 6.07 Å². The highest BCUT2D eigenvalue weighted by molar-refractivity contribution is 5.01. The van der Waals surface area contributed by atoms with E-state index in [2.05, 4.69) is 13.0 Å². The minimum atomic E-state index is 0.929. The van der Waals surface area contributed by atoms with E-state index in [0.29, 0.717) is 0 Å². The first-order valence-electron chi connectivity index (χ1n) is 11.4. The molecule has 0 radical (unpaired) electrons. The van der Waals surface area contributed by atoms with Gasteiger partial charge in [0.2, 0.25) is 0 Å². The second kappa shape index (κ2) is 12.6. The first kappa shape index (κ1) is 20.5. The van der Waals surface area contributed by atoms with E-state index in [-0.39, 0.29) is 0 Å². The molecule has 2 aliphatic carbocycles. The van der Waals surface area contributed by atoms with Gasteiger partial charge in [-0.05, 0) is 36.5 Å². The molecule has 0 aromatic heterocycles. The van der Waals surface area contributed by atoms with Crippen molar-refractivity contribution in [1.29, 1.82) is 5.26 Å². The number of nitrogens with zero attached hydrogens (tertiary/aromatic N) is 1. The van der Waals surface area contributed by atoms with E-state index in [1.165, 1.54) is 96.3 Å². The molecule has 1 heteroatoms. The molecule has 0 amide bonds. The Kier molecular flexibility index (Phi) is 10.3. The van der Waals surface area contributed by atoms with E-state index >= 15 is 0 Å². The lowest BCUT2D eigenvalue weighted by Gasteiger charge is -2.32. The average Bonchev–Trinajstić information content (AvgIpc) is 2.66. The third kappa shape index (κ3) is 8.44. The van der Waals surface area contributed by atoms with Gasteiger partial charge in [-0.3, -0.25) is 0 Å². The van der Waals surface area contributed by atoms with Crippen LogP contribution in [0.5, 0.6) is 0 Å². The summed E-state index contributed by atoms with van der Waals surface area (Å²) in [5.41, 5.74) is 0. The lowest BCUT2D eigenvalue weighted by molar-refractivity contribution is 0.209. The number of hydrogen-bond donors (Lipinski definition) is 0. The topological polar surface area (TPSA) is 23.8 Å². The lowest BCUT2D eigenvalue weighted by atomic mass is 9.74. The van der Waals surface area contributed by atoms with Gasteiger partial charge < -0.3 is 0 Å². The van der Waals surface area contributed by atoms with Crippen LogP contribution >= 0.6 is 0 Å². The Hall–Kier alpha value is -0.770. The molecule has 0 unspecified atom stereocenters. The minimum Gasteiger partial charge on any atom is -0.193 e. The number of rotatable bonds is 10. The molecule has 2 saturated carbocycles. The van der Waals surface area contributed by atoms with Crippen LogP contribution in [0.3, 0.4) is 0 Å². The molecule has 2 fully saturated rings. The van der Waals surface area contributed by atoms with Gasteiger partial charge in [-0.1, -0.05) is 103 Å². The Morgan fingerprint density at radius 2 is 1.20 bits per heavy atom. The quantitative estimate of drug-likeness (QED) is 0.293. The molecular formula is C24H41N. The fourth-order valence-electron chi connectivity index (χ4n) is 5.24. The van der Waals surface area contributed by atoms with E-state index < -0.39 is 0 Å². The highest BCUT2D eigenvalue weighted by Gasteiger charge is 2.24. The first-order valence-corrected chi connectivity index (χ1v) is 11.4. The van der Waals surface area contributed by atoms with Crippen LogP contribution in [0.25, 0.3) is 0 Å². The SMILES string of the molecule is CCCCC[C@H]1CC[C@H](CC[C@H]2CC[C@H](CC/C=C/C#N)CC2)CC1. The predicted molar refractivity (Wildman–Crippen MR) is 108 cm³/mol. The normalized spacial score (nSPS) is 30.4. The average molecular weight is 344 g/mol. The molecule has 0 aromatic carbocycles. The maximum atomic E-state index is 8.53. The smallest absolute Gasteiger partial charge is 0.0908 e. The van der Waals surface area contributed by atoms with Crippen molar-refractivity contribution in [1.82, 2.24) is 0 Å². The number of hydrogen-bond acceptors (Lipinski definition) is 1. The molecule has 0 atom stereocenters. The molecule has 2 rings (SSSR count). The molecule has 25 heavy (non-hydrogen) atoms. The summed E-state index contributed by atoms with van der Waals surface area (Å²) in [5, 5.41) is 8.53. The molecule has 0 spiro atoms. The number of nitriles is 1. The van der Waals surface area contributed by atoms with Crippen LogP contribution in [0.4, 0.5) is 0 Å². The summed E-state index contributed by atoms with van der Waals surface area (Å²) in [5.74, 6) is 4.07. The summed E-state index contributed by atoms with van der Waals surface area (Å²) < 4.78 is 0. The zero-order valence-electron chi connectivity index (χ0n) is 16.7. The van der Waals surface area contributed by atoms with E-state index in [1.54, 1.807) is 6.08 Å². The Morgan fingerprint density at radius 1 is 0.720 bits per heavy atom. The fraction of sp³-hybridized carbons (Fsp3) is 0.875. The maximum Gasteiger partial charge on any atom is 0.0908 e. The molecule has 0 aromatic rings. The highest BCUT2D eigenvalue weighted by Crippen LogP contribution is 2.38. The van der Waals surface area contributed by atoms with E-state index in [1.807, 2.05) is 6.08 Å². The molecular weight excluding hydrogens is 302 g/mol. The standard InChI is InChI=1S/C24H41N/c1-2-3-5-8-21-10-14-23(15-11-21)18-19-24-16-12-22(13-17-24)9-6-4-7-20-25/h4,7,21-24H,2-3,5-6,8-19H2,1H3/b7-4+/t21-,22-,23-,24-. The van der Waals surface area contributed by atoms with Gasteiger partial charge in [0.15, 0.2) is 0 Å². The van der Waals surface area contributed by atoms with E-state index in [9.17, 15) is 0 Å². The molecule has 0 aliphatic heterocycles. The van der Waals surface area contributed by atoms with Gasteiger partial charge in [-0.25, -0.2) is 0 Å². The second-order valence-electron chi connectivity index (χ2n) is 8.96. The third-order valence-electron chi connectivity index (χ3n) is 7.07. The number of allylic oxidation sites excluding steroid dienone is 2. The Balaban J connectivity index is 1.51. The van der Waals surface area contributed by atoms with Gasteiger partial charge in [-0.2, -0.15) is 5.26 Å². The molecule has 1 nitrogen and oxygen atoms in total. The summed E-state index contributed by atoms with van der Waals surface area (Å²) >= 11 is 0. The van der Waals surface area contributed by atoms with Crippen LogP contribution in [-0.4, -0.2) is 0 Å². The largest absolute Gasteiger partial charge is 0.193 e. The van der Waals surface area contributed by atoms with E-state index in [0.717, 1.165) is 30.1 Å². The van der Waals surface area contributed by atoms with Crippen LogP contribution in [0.2, 0.25) is 0 Å². The monoisotopic (exact) mass is 343 g/mol. The van der Waals surface area contributed by atoms with Crippen molar-refractivity contribution in [2.45, 2.75) is 110 Å². The van der Waals surface area contributed by atoms with Crippen molar-refractivity contribution < 1.29 is 0 Å². The fourth-order valence-corrected chi connectivity index (χ4v) is 5.24. The van der Waals surface area contributed by atoms with Crippen LogP contribution in [0.1, 0.15) is 110 Å². The highest BCUT2D eigenvalue weighted by atomic mass is 14.3. The first-order chi connectivity index (χ1) is 12.3. The van der Waals surface area contributed by atoms with Crippen molar-refractivity contribution in [2.75, 3.05) is 0 Å². The lowest BCUT2D eigenvalue weighted by Crippen LogP contribution is -2.18.